The van der Waals surface area contributed by atoms with E-state index in [-0.39, 0.29) is 71.2 Å². The molecule has 0 aliphatic heterocycles. The summed E-state index contributed by atoms with van der Waals surface area (Å²) >= 11 is 0. The molecule has 0 rings (SSSR count). The third kappa shape index (κ3) is 160. The number of halogens is 3. The van der Waals surface area contributed by atoms with Gasteiger partial charge in [-0.05, 0) is 0 Å². The van der Waals surface area contributed by atoms with E-state index in [1.807, 2.05) is 0 Å². The van der Waals surface area contributed by atoms with Gasteiger partial charge in [0.25, 0.3) is 0 Å². The van der Waals surface area contributed by atoms with E-state index in [2.05, 4.69) is 28.2 Å². The van der Waals surface area contributed by atoms with Gasteiger partial charge in [0.2, 0.25) is 0 Å². The van der Waals surface area contributed by atoms with Crippen molar-refractivity contribution in [1.82, 2.24) is 0 Å². The second-order valence-electron chi connectivity index (χ2n) is 2.68. The second kappa shape index (κ2) is 12.7. The van der Waals surface area contributed by atoms with Crippen LogP contribution in [0.2, 0.25) is 0 Å². The molecule has 0 spiro atoms. The minimum absolute atomic E-state index is 0. The van der Waals surface area contributed by atoms with Crippen LogP contribution in [0, 0.1) is 0 Å². The summed E-state index contributed by atoms with van der Waals surface area (Å²) in [5.41, 5.74) is 0. The van der Waals surface area contributed by atoms with Gasteiger partial charge in [-0.2, -0.15) is 0 Å². The van der Waals surface area contributed by atoms with Crippen molar-refractivity contribution in [1.29, 1.82) is 0 Å². The average molecular weight is 325 g/mol. The molecule has 0 unspecified atom stereocenters. The Morgan fingerprint density at radius 3 is 0.778 bits per heavy atom. The van der Waals surface area contributed by atoms with Crippen LogP contribution in [0.1, 0.15) is 1.43 Å². The van der Waals surface area contributed by atoms with Crippen LogP contribution < -0.4 is 18.9 Å². The molecule has 0 heterocycles. The van der Waals surface area contributed by atoms with Crippen molar-refractivity contribution in [3.63, 3.8) is 0 Å². The van der Waals surface area contributed by atoms with Crippen LogP contribution in [0.25, 0.3) is 0 Å². The fourth-order valence-electron chi connectivity index (χ4n) is 0. The largest absolute Gasteiger partial charge is 1.00 e. The van der Waals surface area contributed by atoms with E-state index in [0.717, 1.165) is 4.48 Å². The molecule has 0 aromatic carbocycles. The molecule has 58 valence electrons. The first-order valence-electron chi connectivity index (χ1n) is 1.79. The van der Waals surface area contributed by atoms with Crippen LogP contribution >= 0.6 is 50.9 Å². The van der Waals surface area contributed by atoms with Gasteiger partial charge in [-0.25, -0.2) is 0 Å². The van der Waals surface area contributed by atoms with Crippen LogP contribution in [-0.2, 0) is 0 Å². The molecule has 0 saturated carbocycles. The van der Waals surface area contributed by atoms with E-state index in [4.69, 9.17) is 0 Å². The zero-order valence-electron chi connectivity index (χ0n) is 7.67. The Hall–Kier alpha value is 2.00. The molecule has 0 aromatic heterocycles. The Labute approximate surface area is 103 Å². The Morgan fingerprint density at radius 1 is 0.778 bits per heavy atom. The molecule has 0 atom stereocenters. The van der Waals surface area contributed by atoms with Gasteiger partial charge in [0.05, 0.1) is 28.2 Å². The monoisotopic (exact) mass is 322 g/mol. The smallest absolute Gasteiger partial charge is 1.00 e. The van der Waals surface area contributed by atoms with Gasteiger partial charge in [0, 0.05) is 0 Å². The maximum Gasteiger partial charge on any atom is 1.00 e. The molecule has 0 amide bonds. The van der Waals surface area contributed by atoms with E-state index in [1.165, 1.54) is 0 Å². The van der Waals surface area contributed by atoms with Crippen LogP contribution in [0.15, 0.2) is 0 Å². The van der Waals surface area contributed by atoms with Crippen molar-refractivity contribution in [2.24, 2.45) is 0 Å². The van der Waals surface area contributed by atoms with Crippen molar-refractivity contribution in [2.45, 2.75) is 0 Å². The first kappa shape index (κ1) is 30.6. The minimum Gasteiger partial charge on any atom is -1.00 e. The standard InChI is InChI=1S/C4H12N.3BrH.Li.H/c1-5(2,3)4;;;;;/h1-4H3;3*1H;;/q+1;;;;+1;-1. The van der Waals surface area contributed by atoms with E-state index in [0.29, 0.717) is 0 Å². The van der Waals surface area contributed by atoms with Crippen molar-refractivity contribution in [3.8, 4) is 0 Å². The van der Waals surface area contributed by atoms with Gasteiger partial charge in [0.1, 0.15) is 0 Å². The summed E-state index contributed by atoms with van der Waals surface area (Å²) in [4.78, 5) is 0. The van der Waals surface area contributed by atoms with Crippen LogP contribution in [0.4, 0.5) is 0 Å². The van der Waals surface area contributed by atoms with Crippen LogP contribution in [0.3, 0.4) is 0 Å². The van der Waals surface area contributed by atoms with Gasteiger partial charge in [-0.1, -0.05) is 0 Å². The summed E-state index contributed by atoms with van der Waals surface area (Å²) in [6.07, 6.45) is 0. The van der Waals surface area contributed by atoms with E-state index in [9.17, 15) is 0 Å². The molecule has 0 aliphatic carbocycles. The van der Waals surface area contributed by atoms with Crippen molar-refractivity contribution in [2.75, 3.05) is 28.2 Å². The fourth-order valence-corrected chi connectivity index (χ4v) is 0. The normalized spacial score (nSPS) is 6.67. The summed E-state index contributed by atoms with van der Waals surface area (Å²) in [6, 6.07) is 0. The molecule has 0 radical (unpaired) electrons. The summed E-state index contributed by atoms with van der Waals surface area (Å²) in [5.74, 6) is 0. The molecule has 5 heteroatoms. The maximum atomic E-state index is 2.12. The SMILES string of the molecule is Br.Br.Br.C[N+](C)(C)C.[H-].[Li+]. The summed E-state index contributed by atoms with van der Waals surface area (Å²) in [7, 11) is 8.50. The first-order chi connectivity index (χ1) is 2.00. The van der Waals surface area contributed by atoms with Gasteiger partial charge in [0.15, 0.2) is 0 Å². The summed E-state index contributed by atoms with van der Waals surface area (Å²) in [5, 5.41) is 0. The summed E-state index contributed by atoms with van der Waals surface area (Å²) in [6.45, 7) is 0. The maximum absolute atomic E-state index is 2.12. The van der Waals surface area contributed by atoms with Crippen LogP contribution in [0.5, 0.6) is 0 Å². The van der Waals surface area contributed by atoms with Crippen LogP contribution in [-0.4, -0.2) is 32.7 Å². The molecule has 0 saturated heterocycles. The molecule has 0 N–H and O–H groups in total. The molecular formula is C4H16Br3LiN+. The van der Waals surface area contributed by atoms with Crippen molar-refractivity contribution in [3.05, 3.63) is 0 Å². The topological polar surface area (TPSA) is 0 Å². The zero-order valence-corrected chi connectivity index (χ0v) is 11.8. The van der Waals surface area contributed by atoms with Gasteiger partial charge in [-0.15, -0.1) is 50.9 Å². The van der Waals surface area contributed by atoms with E-state index in [1.54, 1.807) is 0 Å². The average Bonchev–Trinajstić information content (AvgIpc) is 0.722. The Morgan fingerprint density at radius 2 is 0.778 bits per heavy atom. The van der Waals surface area contributed by atoms with E-state index < -0.39 is 0 Å². The molecule has 0 aliphatic rings. The summed E-state index contributed by atoms with van der Waals surface area (Å²) < 4.78 is 1.00. The number of nitrogens with zero attached hydrogens (tertiary/aromatic N) is 1. The third-order valence-corrected chi connectivity index (χ3v) is 0. The number of hydrogen-bond donors (Lipinski definition) is 0. The molecule has 0 bridgehead atoms. The van der Waals surface area contributed by atoms with Crippen molar-refractivity contribution >= 4 is 50.9 Å². The first-order valence-corrected chi connectivity index (χ1v) is 1.79. The predicted molar refractivity (Wildman–Crippen MR) is 56.0 cm³/mol. The number of hydrogen-bond acceptors (Lipinski definition) is 0. The Kier molecular flexibility index (Phi) is 43.0. The van der Waals surface area contributed by atoms with E-state index >= 15 is 0 Å². The van der Waals surface area contributed by atoms with Crippen molar-refractivity contribution < 1.29 is 24.8 Å². The molecule has 0 fully saturated rings. The predicted octanol–water partition coefficient (Wildman–Crippen LogP) is -0.827. The molecule has 1 nitrogen and oxygen atoms in total. The fraction of sp³-hybridized carbons (Fsp3) is 1.00. The zero-order chi connectivity index (χ0) is 4.50. The second-order valence-corrected chi connectivity index (χ2v) is 2.68. The Bertz CT molecular complexity index is 36.0. The van der Waals surface area contributed by atoms with Gasteiger partial charge in [-0.3, -0.25) is 0 Å². The number of quaternary nitrogens is 1. The van der Waals surface area contributed by atoms with Gasteiger partial charge >= 0.3 is 18.9 Å². The Balaban J connectivity index is -0.00000000800. The number of rotatable bonds is 0. The molecule has 9 heavy (non-hydrogen) atoms. The quantitative estimate of drug-likeness (QED) is 0.403. The molecule has 0 aromatic rings. The minimum atomic E-state index is 0. The molecular weight excluding hydrogens is 309 g/mol. The third-order valence-electron chi connectivity index (χ3n) is 0. The van der Waals surface area contributed by atoms with Gasteiger partial charge < -0.3 is 5.91 Å².